The average molecular weight is 276 g/mol. The molecule has 1 aliphatic rings. The highest BCUT2D eigenvalue weighted by atomic mass is 35.5. The Morgan fingerprint density at radius 2 is 2.21 bits per heavy atom. The molecule has 3 rings (SSSR count). The van der Waals surface area contributed by atoms with Crippen molar-refractivity contribution < 1.29 is 0 Å². The number of rotatable bonds is 2. The molecule has 1 aromatic carbocycles. The number of hydrogen-bond donors (Lipinski definition) is 1. The normalized spacial score (nSPS) is 20.3. The molecule has 1 aliphatic heterocycles. The Morgan fingerprint density at radius 1 is 1.42 bits per heavy atom. The number of pyridine rings is 1. The van der Waals surface area contributed by atoms with Crippen LogP contribution in [0.25, 0.3) is 10.9 Å². The zero-order valence-electron chi connectivity index (χ0n) is 11.1. The second kappa shape index (κ2) is 5.08. The molecule has 2 aromatic rings. The molecular formula is C15H18ClN3. The molecule has 3 nitrogen and oxygen atoms in total. The highest BCUT2D eigenvalue weighted by molar-refractivity contribution is 6.32. The summed E-state index contributed by atoms with van der Waals surface area (Å²) in [5, 5.41) is 1.92. The SMILES string of the molecule is Cc1c(Cl)c(CN2CC[C@@H](N)C2)nc2ccccc12. The van der Waals surface area contributed by atoms with Crippen molar-refractivity contribution in [1.82, 2.24) is 9.88 Å². The Bertz CT molecular complexity index is 612. The fourth-order valence-electron chi connectivity index (χ4n) is 2.74. The van der Waals surface area contributed by atoms with Gasteiger partial charge in [0.15, 0.2) is 0 Å². The summed E-state index contributed by atoms with van der Waals surface area (Å²) in [4.78, 5) is 7.04. The first-order valence-corrected chi connectivity index (χ1v) is 7.04. The maximum absolute atomic E-state index is 6.47. The molecule has 0 saturated carbocycles. The summed E-state index contributed by atoms with van der Waals surface area (Å²) in [5.41, 5.74) is 9.04. The Morgan fingerprint density at radius 3 is 2.95 bits per heavy atom. The van der Waals surface area contributed by atoms with Gasteiger partial charge in [-0.1, -0.05) is 29.8 Å². The van der Waals surface area contributed by atoms with Gasteiger partial charge >= 0.3 is 0 Å². The molecule has 1 aromatic heterocycles. The van der Waals surface area contributed by atoms with Gasteiger partial charge in [0.1, 0.15) is 0 Å². The molecule has 100 valence electrons. The molecule has 0 aliphatic carbocycles. The lowest BCUT2D eigenvalue weighted by Gasteiger charge is -2.17. The number of aromatic nitrogens is 1. The van der Waals surface area contributed by atoms with Crippen LogP contribution < -0.4 is 5.73 Å². The van der Waals surface area contributed by atoms with Crippen LogP contribution in [0.3, 0.4) is 0 Å². The minimum Gasteiger partial charge on any atom is -0.326 e. The first kappa shape index (κ1) is 12.9. The van der Waals surface area contributed by atoms with Crippen molar-refractivity contribution in [2.45, 2.75) is 25.9 Å². The lowest BCUT2D eigenvalue weighted by atomic mass is 10.1. The zero-order chi connectivity index (χ0) is 13.4. The molecule has 0 radical (unpaired) electrons. The Balaban J connectivity index is 1.97. The molecule has 4 heteroatoms. The van der Waals surface area contributed by atoms with Gasteiger partial charge in [0.05, 0.1) is 16.2 Å². The van der Waals surface area contributed by atoms with E-state index in [2.05, 4.69) is 17.9 Å². The second-order valence-electron chi connectivity index (χ2n) is 5.30. The zero-order valence-corrected chi connectivity index (χ0v) is 11.8. The van der Waals surface area contributed by atoms with E-state index in [4.69, 9.17) is 22.3 Å². The standard InChI is InChI=1S/C15H18ClN3/c1-10-12-4-2-3-5-13(12)18-14(15(10)16)9-19-7-6-11(17)8-19/h2-5,11H,6-9,17H2,1H3/t11-/m1/s1. The summed E-state index contributed by atoms with van der Waals surface area (Å²) in [6.45, 7) is 4.82. The summed E-state index contributed by atoms with van der Waals surface area (Å²) in [7, 11) is 0. The van der Waals surface area contributed by atoms with Gasteiger partial charge in [-0.2, -0.15) is 0 Å². The topological polar surface area (TPSA) is 42.1 Å². The number of fused-ring (bicyclic) bond motifs is 1. The van der Waals surface area contributed by atoms with Gasteiger partial charge in [0, 0.05) is 31.1 Å². The van der Waals surface area contributed by atoms with Crippen molar-refractivity contribution in [3.63, 3.8) is 0 Å². The van der Waals surface area contributed by atoms with Gasteiger partial charge in [-0.05, 0) is 25.0 Å². The van der Waals surface area contributed by atoms with E-state index in [-0.39, 0.29) is 0 Å². The number of halogens is 1. The van der Waals surface area contributed by atoms with Crippen LogP contribution in [0, 0.1) is 6.92 Å². The number of nitrogens with zero attached hydrogens (tertiary/aromatic N) is 2. The van der Waals surface area contributed by atoms with Crippen molar-refractivity contribution in [1.29, 1.82) is 0 Å². The van der Waals surface area contributed by atoms with Crippen LogP contribution in [-0.2, 0) is 6.54 Å². The van der Waals surface area contributed by atoms with E-state index in [1.165, 1.54) is 0 Å². The third kappa shape index (κ3) is 2.46. The van der Waals surface area contributed by atoms with Crippen LogP contribution in [0.4, 0.5) is 0 Å². The predicted molar refractivity (Wildman–Crippen MR) is 79.4 cm³/mol. The van der Waals surface area contributed by atoms with E-state index in [0.717, 1.165) is 53.2 Å². The van der Waals surface area contributed by atoms with Gasteiger partial charge in [-0.15, -0.1) is 0 Å². The lowest BCUT2D eigenvalue weighted by Crippen LogP contribution is -2.26. The van der Waals surface area contributed by atoms with Gasteiger partial charge < -0.3 is 5.73 Å². The number of nitrogens with two attached hydrogens (primary N) is 1. The fourth-order valence-corrected chi connectivity index (χ4v) is 2.94. The molecule has 0 unspecified atom stereocenters. The summed E-state index contributed by atoms with van der Waals surface area (Å²) in [6, 6.07) is 8.43. The summed E-state index contributed by atoms with van der Waals surface area (Å²) < 4.78 is 0. The van der Waals surface area contributed by atoms with Gasteiger partial charge in [-0.25, -0.2) is 4.98 Å². The molecule has 19 heavy (non-hydrogen) atoms. The number of aryl methyl sites for hydroxylation is 1. The molecule has 0 bridgehead atoms. The molecule has 1 atom stereocenters. The molecular weight excluding hydrogens is 258 g/mol. The Labute approximate surface area is 118 Å². The molecule has 1 fully saturated rings. The van der Waals surface area contributed by atoms with Crippen LogP contribution >= 0.6 is 11.6 Å². The smallest absolute Gasteiger partial charge is 0.0740 e. The molecule has 2 N–H and O–H groups in total. The minimum absolute atomic E-state index is 0.292. The van der Waals surface area contributed by atoms with Gasteiger partial charge in [0.25, 0.3) is 0 Å². The molecule has 1 saturated heterocycles. The van der Waals surface area contributed by atoms with Crippen LogP contribution in [0.5, 0.6) is 0 Å². The highest BCUT2D eigenvalue weighted by Crippen LogP contribution is 2.28. The minimum atomic E-state index is 0.292. The van der Waals surface area contributed by atoms with E-state index in [1.54, 1.807) is 0 Å². The van der Waals surface area contributed by atoms with Crippen LogP contribution in [-0.4, -0.2) is 29.0 Å². The number of hydrogen-bond acceptors (Lipinski definition) is 3. The summed E-state index contributed by atoms with van der Waals surface area (Å²) in [5.74, 6) is 0. The van der Waals surface area contributed by atoms with Crippen molar-refractivity contribution in [3.05, 3.63) is 40.5 Å². The fraction of sp³-hybridized carbons (Fsp3) is 0.400. The largest absolute Gasteiger partial charge is 0.326 e. The number of para-hydroxylation sites is 1. The first-order valence-electron chi connectivity index (χ1n) is 6.67. The first-order chi connectivity index (χ1) is 9.15. The van der Waals surface area contributed by atoms with Gasteiger partial charge in [-0.3, -0.25) is 4.90 Å². The number of benzene rings is 1. The van der Waals surface area contributed by atoms with Crippen LogP contribution in [0.15, 0.2) is 24.3 Å². The maximum Gasteiger partial charge on any atom is 0.0740 e. The van der Waals surface area contributed by atoms with Gasteiger partial charge in [0.2, 0.25) is 0 Å². The van der Waals surface area contributed by atoms with Crippen molar-refractivity contribution in [3.8, 4) is 0 Å². The van der Waals surface area contributed by atoms with Crippen molar-refractivity contribution in [2.24, 2.45) is 5.73 Å². The third-order valence-electron chi connectivity index (χ3n) is 3.83. The van der Waals surface area contributed by atoms with Crippen molar-refractivity contribution >= 4 is 22.5 Å². The predicted octanol–water partition coefficient (Wildman–Crippen LogP) is 2.73. The van der Waals surface area contributed by atoms with Crippen LogP contribution in [0.2, 0.25) is 5.02 Å². The monoisotopic (exact) mass is 275 g/mol. The van der Waals surface area contributed by atoms with E-state index in [1.807, 2.05) is 18.2 Å². The summed E-state index contributed by atoms with van der Waals surface area (Å²) in [6.07, 6.45) is 1.06. The van der Waals surface area contributed by atoms with Crippen LogP contribution in [0.1, 0.15) is 17.7 Å². The van der Waals surface area contributed by atoms with E-state index in [9.17, 15) is 0 Å². The lowest BCUT2D eigenvalue weighted by molar-refractivity contribution is 0.323. The average Bonchev–Trinajstić information content (AvgIpc) is 2.81. The van der Waals surface area contributed by atoms with E-state index >= 15 is 0 Å². The maximum atomic E-state index is 6.47. The third-order valence-corrected chi connectivity index (χ3v) is 4.33. The Hall–Kier alpha value is -1.16. The molecule has 0 amide bonds. The second-order valence-corrected chi connectivity index (χ2v) is 5.68. The van der Waals surface area contributed by atoms with Crippen molar-refractivity contribution in [2.75, 3.05) is 13.1 Å². The quantitative estimate of drug-likeness (QED) is 0.916. The highest BCUT2D eigenvalue weighted by Gasteiger charge is 2.21. The van der Waals surface area contributed by atoms with E-state index in [0.29, 0.717) is 6.04 Å². The number of likely N-dealkylation sites (tertiary alicyclic amines) is 1. The molecule has 0 spiro atoms. The van der Waals surface area contributed by atoms with E-state index < -0.39 is 0 Å². The summed E-state index contributed by atoms with van der Waals surface area (Å²) >= 11 is 6.47. The molecule has 2 heterocycles. The Kier molecular flexibility index (Phi) is 3.44.